The van der Waals surface area contributed by atoms with Gasteiger partial charge in [-0.2, -0.15) is 0 Å². The van der Waals surface area contributed by atoms with Gasteiger partial charge in [-0.1, -0.05) is 137 Å². The molecule has 0 aliphatic carbocycles. The Balaban J connectivity index is 5.02. The summed E-state index contributed by atoms with van der Waals surface area (Å²) in [6, 6.07) is 0. The summed E-state index contributed by atoms with van der Waals surface area (Å²) in [6.45, 7) is 8.22. The third-order valence-corrected chi connectivity index (χ3v) is 8.06. The van der Waals surface area contributed by atoms with E-state index in [0.717, 1.165) is 38.5 Å². The Kier molecular flexibility index (Phi) is 27.2. The Morgan fingerprint density at radius 2 is 0.909 bits per heavy atom. The van der Waals surface area contributed by atoms with Gasteiger partial charge in [-0.3, -0.25) is 14.4 Å². The minimum absolute atomic E-state index is 0.00122. The van der Waals surface area contributed by atoms with Crippen molar-refractivity contribution in [2.45, 2.75) is 181 Å². The fourth-order valence-electron chi connectivity index (χ4n) is 5.14. The summed E-state index contributed by atoms with van der Waals surface area (Å²) in [4.78, 5) is 52.4. The molecular weight excluding hydrogens is 560 g/mol. The molecule has 0 aromatic carbocycles. The predicted molar refractivity (Wildman–Crippen MR) is 175 cm³/mol. The third kappa shape index (κ3) is 20.1. The summed E-state index contributed by atoms with van der Waals surface area (Å²) in [5.41, 5.74) is -2.69. The molecule has 0 radical (unpaired) electrons. The normalized spacial score (nSPS) is 13.2. The Morgan fingerprint density at radius 3 is 1.36 bits per heavy atom. The topological polar surface area (TPSA) is 116 Å². The van der Waals surface area contributed by atoms with E-state index in [4.69, 9.17) is 14.2 Å². The molecule has 8 nitrogen and oxygen atoms in total. The molecule has 0 aromatic rings. The number of hydrogen-bond donors (Lipinski definition) is 1. The Labute approximate surface area is 268 Å². The van der Waals surface area contributed by atoms with Crippen molar-refractivity contribution in [2.24, 2.45) is 5.92 Å². The van der Waals surface area contributed by atoms with Gasteiger partial charge in [-0.15, -0.1) is 0 Å². The van der Waals surface area contributed by atoms with Crippen molar-refractivity contribution < 1.29 is 38.5 Å². The predicted octanol–water partition coefficient (Wildman–Crippen LogP) is 8.58. The van der Waals surface area contributed by atoms with Gasteiger partial charge in [0.1, 0.15) is 0 Å². The van der Waals surface area contributed by atoms with Crippen LogP contribution in [0.15, 0.2) is 0 Å². The van der Waals surface area contributed by atoms with Gasteiger partial charge in [0.25, 0.3) is 0 Å². The molecule has 0 aliphatic rings. The smallest absolute Gasteiger partial charge is 0.340 e. The van der Waals surface area contributed by atoms with Crippen molar-refractivity contribution in [1.29, 1.82) is 0 Å². The van der Waals surface area contributed by atoms with Crippen LogP contribution in [0.1, 0.15) is 175 Å². The zero-order chi connectivity index (χ0) is 32.9. The van der Waals surface area contributed by atoms with Crippen molar-refractivity contribution in [3.8, 4) is 0 Å². The number of hydrogen-bond acceptors (Lipinski definition) is 8. The molecule has 0 amide bonds. The van der Waals surface area contributed by atoms with E-state index in [1.165, 1.54) is 70.6 Å². The Hall–Kier alpha value is -1.96. The molecule has 0 aliphatic heterocycles. The fourth-order valence-corrected chi connectivity index (χ4v) is 5.14. The van der Waals surface area contributed by atoms with Crippen LogP contribution in [0.3, 0.4) is 0 Å². The van der Waals surface area contributed by atoms with E-state index in [0.29, 0.717) is 25.7 Å². The molecule has 0 fully saturated rings. The van der Waals surface area contributed by atoms with Gasteiger partial charge in [-0.25, -0.2) is 4.79 Å². The van der Waals surface area contributed by atoms with E-state index in [1.54, 1.807) is 0 Å². The van der Waals surface area contributed by atoms with Crippen LogP contribution >= 0.6 is 0 Å². The van der Waals surface area contributed by atoms with Crippen LogP contribution in [0.4, 0.5) is 0 Å². The number of unbranched alkanes of at least 4 members (excludes halogenated alkanes) is 17. The Morgan fingerprint density at radius 1 is 0.523 bits per heavy atom. The average Bonchev–Trinajstić information content (AvgIpc) is 2.99. The largest absolute Gasteiger partial charge is 0.466 e. The molecule has 2 unspecified atom stereocenters. The maximum absolute atomic E-state index is 13.5. The first-order valence-corrected chi connectivity index (χ1v) is 18.0. The highest BCUT2D eigenvalue weighted by atomic mass is 16.6. The lowest BCUT2D eigenvalue weighted by molar-refractivity contribution is -0.188. The lowest BCUT2D eigenvalue weighted by Gasteiger charge is -2.31. The number of ketones is 1. The fraction of sp³-hybridized carbons (Fsp3) is 0.889. The van der Waals surface area contributed by atoms with E-state index < -0.39 is 41.6 Å². The van der Waals surface area contributed by atoms with E-state index in [-0.39, 0.29) is 26.2 Å². The first-order chi connectivity index (χ1) is 21.3. The molecule has 0 saturated heterocycles. The number of carbonyl (C=O) groups is 4. The maximum Gasteiger partial charge on any atom is 0.340 e. The zero-order valence-electron chi connectivity index (χ0n) is 28.8. The van der Waals surface area contributed by atoms with Crippen molar-refractivity contribution in [1.82, 2.24) is 0 Å². The van der Waals surface area contributed by atoms with Crippen molar-refractivity contribution in [2.75, 3.05) is 19.8 Å². The van der Waals surface area contributed by atoms with Gasteiger partial charge < -0.3 is 19.3 Å². The van der Waals surface area contributed by atoms with Crippen LogP contribution in [0, 0.1) is 5.92 Å². The molecule has 44 heavy (non-hydrogen) atoms. The first kappa shape index (κ1) is 42.0. The van der Waals surface area contributed by atoms with E-state index in [1.807, 2.05) is 20.8 Å². The summed E-state index contributed by atoms with van der Waals surface area (Å²) in [7, 11) is 0. The molecule has 0 heterocycles. The molecule has 8 heteroatoms. The molecule has 2 atom stereocenters. The van der Waals surface area contributed by atoms with Gasteiger partial charge in [0.2, 0.25) is 0 Å². The SMILES string of the molecule is CCCCCCCCCCCCCCCCCC(=O)C(C(=O)OCCCC)C(O)(CC(=O)OCCCC)C(=O)OCCCC. The summed E-state index contributed by atoms with van der Waals surface area (Å²) < 4.78 is 15.8. The van der Waals surface area contributed by atoms with Gasteiger partial charge in [-0.05, 0) is 25.7 Å². The molecule has 0 spiro atoms. The quantitative estimate of drug-likeness (QED) is 0.0352. The number of rotatable bonds is 31. The highest BCUT2D eigenvalue weighted by Gasteiger charge is 2.55. The van der Waals surface area contributed by atoms with Crippen molar-refractivity contribution in [3.63, 3.8) is 0 Å². The molecule has 1 N–H and O–H groups in total. The maximum atomic E-state index is 13.5. The number of aliphatic hydroxyl groups is 1. The number of carbonyl (C=O) groups excluding carboxylic acids is 4. The molecule has 0 aromatic heterocycles. The highest BCUT2D eigenvalue weighted by Crippen LogP contribution is 2.29. The molecular formula is C36H66O8. The van der Waals surface area contributed by atoms with Crippen LogP contribution in [-0.2, 0) is 33.4 Å². The molecule has 0 saturated carbocycles. The molecule has 0 rings (SSSR count). The van der Waals surface area contributed by atoms with Gasteiger partial charge >= 0.3 is 17.9 Å². The monoisotopic (exact) mass is 626 g/mol. The summed E-state index contributed by atoms with van der Waals surface area (Å²) in [5.74, 6) is -5.49. The van der Waals surface area contributed by atoms with Crippen LogP contribution in [-0.4, -0.2) is 54.2 Å². The lowest BCUT2D eigenvalue weighted by atomic mass is 9.80. The second kappa shape index (κ2) is 28.5. The van der Waals surface area contributed by atoms with Crippen LogP contribution in [0.2, 0.25) is 0 Å². The van der Waals surface area contributed by atoms with E-state index in [2.05, 4.69) is 6.92 Å². The minimum atomic E-state index is -2.69. The standard InChI is InChI=1S/C36H66O8/c1-5-9-13-14-15-16-17-18-19-20-21-22-23-24-25-26-31(37)33(34(39)43-28-11-7-3)36(41,35(40)44-29-12-8-4)30-32(38)42-27-10-6-2/h33,41H,5-30H2,1-4H3. The summed E-state index contributed by atoms with van der Waals surface area (Å²) in [5, 5.41) is 11.6. The Bertz CT molecular complexity index is 752. The molecule has 0 bridgehead atoms. The van der Waals surface area contributed by atoms with Gasteiger partial charge in [0.05, 0.1) is 26.2 Å². The second-order valence-corrected chi connectivity index (χ2v) is 12.3. The summed E-state index contributed by atoms with van der Waals surface area (Å²) >= 11 is 0. The lowest BCUT2D eigenvalue weighted by Crippen LogP contribution is -2.55. The molecule has 258 valence electrons. The van der Waals surface area contributed by atoms with Crippen LogP contribution in [0.25, 0.3) is 0 Å². The highest BCUT2D eigenvalue weighted by molar-refractivity contribution is 6.06. The van der Waals surface area contributed by atoms with Gasteiger partial charge in [0.15, 0.2) is 17.3 Å². The summed E-state index contributed by atoms with van der Waals surface area (Å²) in [6.07, 6.45) is 20.9. The minimum Gasteiger partial charge on any atom is -0.466 e. The number of Topliss-reactive ketones (excluding diaryl/α,β-unsaturated/α-hetero) is 1. The number of esters is 3. The van der Waals surface area contributed by atoms with Gasteiger partial charge in [0, 0.05) is 6.42 Å². The number of ether oxygens (including phenoxy) is 3. The van der Waals surface area contributed by atoms with E-state index >= 15 is 0 Å². The van der Waals surface area contributed by atoms with Crippen molar-refractivity contribution >= 4 is 23.7 Å². The van der Waals surface area contributed by atoms with E-state index in [9.17, 15) is 24.3 Å². The van der Waals surface area contributed by atoms with Crippen LogP contribution in [0.5, 0.6) is 0 Å². The zero-order valence-corrected chi connectivity index (χ0v) is 28.8. The first-order valence-electron chi connectivity index (χ1n) is 18.0. The average molecular weight is 627 g/mol. The van der Waals surface area contributed by atoms with Crippen LogP contribution < -0.4 is 0 Å². The van der Waals surface area contributed by atoms with Crippen molar-refractivity contribution in [3.05, 3.63) is 0 Å². The second-order valence-electron chi connectivity index (χ2n) is 12.3. The third-order valence-electron chi connectivity index (χ3n) is 8.06.